The van der Waals surface area contributed by atoms with Crippen molar-refractivity contribution >= 4 is 38.9 Å². The number of para-hydroxylation sites is 1. The zero-order chi connectivity index (χ0) is 19.8. The lowest BCUT2D eigenvalue weighted by molar-refractivity contribution is -0.133. The highest BCUT2D eigenvalue weighted by Gasteiger charge is 2.37. The Labute approximate surface area is 164 Å². The average Bonchev–Trinajstić information content (AvgIpc) is 3.07. The molecule has 0 bridgehead atoms. The number of aromatic nitrogens is 1. The maximum Gasteiger partial charge on any atom is 0.279 e. The zero-order valence-corrected chi connectivity index (χ0v) is 15.8. The van der Waals surface area contributed by atoms with Gasteiger partial charge in [-0.1, -0.05) is 23.5 Å². The van der Waals surface area contributed by atoms with Gasteiger partial charge in [-0.05, 0) is 43.2 Å². The fourth-order valence-corrected chi connectivity index (χ4v) is 4.28. The molecule has 1 heterocycles. The van der Waals surface area contributed by atoms with E-state index in [1.807, 2.05) is 0 Å². The molecule has 3 aromatic rings. The molecular formula is C21H16FNO4S. The molecule has 5 nitrogen and oxygen atoms in total. The second-order valence-corrected chi connectivity index (χ2v) is 7.67. The van der Waals surface area contributed by atoms with Gasteiger partial charge in [0.25, 0.3) is 5.19 Å². The quantitative estimate of drug-likeness (QED) is 0.473. The molecule has 1 aromatic heterocycles. The molecule has 142 valence electrons. The van der Waals surface area contributed by atoms with Crippen LogP contribution in [0.15, 0.2) is 36.4 Å². The lowest BCUT2D eigenvalue weighted by Crippen LogP contribution is -2.35. The molecule has 0 spiro atoms. The summed E-state index contributed by atoms with van der Waals surface area (Å²) in [6.07, 6.45) is 1.00. The predicted octanol–water partition coefficient (Wildman–Crippen LogP) is 4.66. The van der Waals surface area contributed by atoms with Crippen molar-refractivity contribution in [3.63, 3.8) is 0 Å². The fourth-order valence-electron chi connectivity index (χ4n) is 3.39. The highest BCUT2D eigenvalue weighted by molar-refractivity contribution is 7.20. The first kappa shape index (κ1) is 18.4. The van der Waals surface area contributed by atoms with E-state index in [2.05, 4.69) is 4.98 Å². The van der Waals surface area contributed by atoms with Gasteiger partial charge in [-0.15, -0.1) is 0 Å². The van der Waals surface area contributed by atoms with Crippen LogP contribution in [0.25, 0.3) is 10.2 Å². The Bertz CT molecular complexity index is 1100. The number of thiazole rings is 1. The van der Waals surface area contributed by atoms with Crippen molar-refractivity contribution in [3.8, 4) is 10.9 Å². The number of carbonyl (C=O) groups excluding carboxylic acids is 3. The summed E-state index contributed by atoms with van der Waals surface area (Å²) < 4.78 is 20.1. The summed E-state index contributed by atoms with van der Waals surface area (Å²) in [4.78, 5) is 41.5. The summed E-state index contributed by atoms with van der Waals surface area (Å²) in [5.74, 6) is -2.75. The van der Waals surface area contributed by atoms with E-state index < -0.39 is 17.5 Å². The normalized spacial score (nSPS) is 15.2. The summed E-state index contributed by atoms with van der Waals surface area (Å²) >= 11 is 1.23. The standard InChI is InChI=1S/C21H16FNO4S/c1-11-12(20(26)18-14(24)6-4-7-15(18)25)9-10-17-19(11)23-21(28-17)27-16-8-3-2-5-13(16)22/h2-3,5,8-10,18H,4,6-7H2,1H3. The number of rotatable bonds is 4. The molecule has 0 radical (unpaired) electrons. The van der Waals surface area contributed by atoms with Crippen LogP contribution < -0.4 is 4.74 Å². The van der Waals surface area contributed by atoms with Crippen LogP contribution >= 0.6 is 11.3 Å². The largest absolute Gasteiger partial charge is 0.428 e. The Morgan fingerprint density at radius 2 is 1.86 bits per heavy atom. The number of aryl methyl sites for hydroxylation is 1. The minimum atomic E-state index is -1.21. The number of ketones is 3. The molecule has 1 saturated carbocycles. The number of nitrogens with zero attached hydrogens (tertiary/aromatic N) is 1. The number of benzene rings is 2. The van der Waals surface area contributed by atoms with Gasteiger partial charge >= 0.3 is 0 Å². The third kappa shape index (κ3) is 3.22. The molecule has 1 aliphatic rings. The number of hydrogen-bond acceptors (Lipinski definition) is 6. The maximum absolute atomic E-state index is 13.8. The van der Waals surface area contributed by atoms with Crippen molar-refractivity contribution < 1.29 is 23.5 Å². The molecule has 0 aliphatic heterocycles. The molecular weight excluding hydrogens is 381 g/mol. The van der Waals surface area contributed by atoms with E-state index in [4.69, 9.17) is 4.74 Å². The van der Waals surface area contributed by atoms with E-state index in [0.29, 0.717) is 23.1 Å². The number of carbonyl (C=O) groups is 3. The van der Waals surface area contributed by atoms with E-state index in [0.717, 1.165) is 4.70 Å². The maximum atomic E-state index is 13.8. The summed E-state index contributed by atoms with van der Waals surface area (Å²) in [7, 11) is 0. The second kappa shape index (κ2) is 7.24. The summed E-state index contributed by atoms with van der Waals surface area (Å²) in [6, 6.07) is 9.34. The Kier molecular flexibility index (Phi) is 4.77. The SMILES string of the molecule is Cc1c(C(=O)C2C(=O)CCCC2=O)ccc2sc(Oc3ccccc3F)nc12. The monoisotopic (exact) mass is 397 g/mol. The van der Waals surface area contributed by atoms with Gasteiger partial charge in [0.1, 0.15) is 5.92 Å². The van der Waals surface area contributed by atoms with Crippen LogP contribution in [-0.4, -0.2) is 22.3 Å². The smallest absolute Gasteiger partial charge is 0.279 e. The second-order valence-electron chi connectivity index (χ2n) is 6.68. The molecule has 28 heavy (non-hydrogen) atoms. The van der Waals surface area contributed by atoms with Gasteiger partial charge in [-0.25, -0.2) is 9.37 Å². The molecule has 2 aromatic carbocycles. The first-order chi connectivity index (χ1) is 13.5. The van der Waals surface area contributed by atoms with Crippen molar-refractivity contribution in [2.45, 2.75) is 26.2 Å². The van der Waals surface area contributed by atoms with Gasteiger partial charge in [0.15, 0.2) is 28.9 Å². The molecule has 1 fully saturated rings. The van der Waals surface area contributed by atoms with Crippen LogP contribution in [0.2, 0.25) is 0 Å². The minimum Gasteiger partial charge on any atom is -0.428 e. The van der Waals surface area contributed by atoms with Gasteiger partial charge < -0.3 is 4.74 Å². The van der Waals surface area contributed by atoms with Gasteiger partial charge in [-0.3, -0.25) is 14.4 Å². The highest BCUT2D eigenvalue weighted by Crippen LogP contribution is 2.35. The molecule has 0 amide bonds. The molecule has 0 atom stereocenters. The first-order valence-corrected chi connectivity index (χ1v) is 9.69. The zero-order valence-electron chi connectivity index (χ0n) is 15.0. The molecule has 0 N–H and O–H groups in total. The number of fused-ring (bicyclic) bond motifs is 1. The third-order valence-electron chi connectivity index (χ3n) is 4.85. The Morgan fingerprint density at radius 1 is 1.14 bits per heavy atom. The molecule has 0 saturated heterocycles. The lowest BCUT2D eigenvalue weighted by Gasteiger charge is -2.19. The third-order valence-corrected chi connectivity index (χ3v) is 5.74. The Balaban J connectivity index is 1.69. The molecule has 0 unspecified atom stereocenters. The number of ether oxygens (including phenoxy) is 1. The van der Waals surface area contributed by atoms with Crippen LogP contribution in [0.4, 0.5) is 4.39 Å². The fraction of sp³-hybridized carbons (Fsp3) is 0.238. The number of Topliss-reactive ketones (excluding diaryl/α,β-unsaturated/α-hetero) is 3. The van der Waals surface area contributed by atoms with Crippen LogP contribution in [0.1, 0.15) is 35.2 Å². The van der Waals surface area contributed by atoms with E-state index in [9.17, 15) is 18.8 Å². The first-order valence-electron chi connectivity index (χ1n) is 8.88. The van der Waals surface area contributed by atoms with Gasteiger partial charge in [0.2, 0.25) is 0 Å². The van der Waals surface area contributed by atoms with E-state index in [-0.39, 0.29) is 35.4 Å². The number of hydrogen-bond donors (Lipinski definition) is 0. The van der Waals surface area contributed by atoms with Crippen LogP contribution in [-0.2, 0) is 9.59 Å². The minimum absolute atomic E-state index is 0.0638. The summed E-state index contributed by atoms with van der Waals surface area (Å²) in [5, 5.41) is 0.248. The summed E-state index contributed by atoms with van der Waals surface area (Å²) in [6.45, 7) is 1.72. The van der Waals surface area contributed by atoms with Crippen LogP contribution in [0.3, 0.4) is 0 Å². The van der Waals surface area contributed by atoms with Crippen molar-refractivity contribution in [3.05, 3.63) is 53.3 Å². The van der Waals surface area contributed by atoms with E-state index >= 15 is 0 Å². The van der Waals surface area contributed by atoms with Crippen molar-refractivity contribution in [2.75, 3.05) is 0 Å². The lowest BCUT2D eigenvalue weighted by atomic mass is 9.81. The van der Waals surface area contributed by atoms with E-state index in [1.54, 1.807) is 31.2 Å². The van der Waals surface area contributed by atoms with Gasteiger partial charge in [-0.2, -0.15) is 0 Å². The van der Waals surface area contributed by atoms with Crippen LogP contribution in [0.5, 0.6) is 10.9 Å². The van der Waals surface area contributed by atoms with Crippen LogP contribution in [0, 0.1) is 18.7 Å². The number of halogens is 1. The van der Waals surface area contributed by atoms with Gasteiger partial charge in [0, 0.05) is 18.4 Å². The summed E-state index contributed by atoms with van der Waals surface area (Å²) in [5.41, 5.74) is 1.43. The highest BCUT2D eigenvalue weighted by atomic mass is 32.1. The Hall–Kier alpha value is -2.93. The van der Waals surface area contributed by atoms with E-state index in [1.165, 1.54) is 23.5 Å². The van der Waals surface area contributed by atoms with Crippen molar-refractivity contribution in [2.24, 2.45) is 5.92 Å². The molecule has 1 aliphatic carbocycles. The molecule has 4 rings (SSSR count). The van der Waals surface area contributed by atoms with Crippen molar-refractivity contribution in [1.29, 1.82) is 0 Å². The average molecular weight is 397 g/mol. The predicted molar refractivity (Wildman–Crippen MR) is 103 cm³/mol. The van der Waals surface area contributed by atoms with Gasteiger partial charge in [0.05, 0.1) is 10.2 Å². The topological polar surface area (TPSA) is 73.3 Å². The Morgan fingerprint density at radius 3 is 2.57 bits per heavy atom. The van der Waals surface area contributed by atoms with Crippen molar-refractivity contribution in [1.82, 2.24) is 4.98 Å². The molecule has 7 heteroatoms.